The molecule has 2 heterocycles. The van der Waals surface area contributed by atoms with E-state index in [9.17, 15) is 4.79 Å². The molecule has 0 aliphatic carbocycles. The molecular weight excluding hydrogens is 307 g/mol. The number of ether oxygens (including phenoxy) is 1. The van der Waals surface area contributed by atoms with Crippen LogP contribution in [0.2, 0.25) is 0 Å². The minimum Gasteiger partial charge on any atom is -0.480 e. The molecule has 1 amide bonds. The van der Waals surface area contributed by atoms with Crippen LogP contribution in [0.3, 0.4) is 0 Å². The quantitative estimate of drug-likeness (QED) is 0.804. The van der Waals surface area contributed by atoms with Gasteiger partial charge in [0.1, 0.15) is 0 Å². The van der Waals surface area contributed by atoms with Crippen molar-refractivity contribution in [3.05, 3.63) is 16.7 Å². The molecule has 2 rings (SSSR count). The summed E-state index contributed by atoms with van der Waals surface area (Å²) in [6.07, 6.45) is 2.14. The van der Waals surface area contributed by atoms with Gasteiger partial charge in [-0.25, -0.2) is 4.98 Å². The Hall–Kier alpha value is -0.810. The number of nitrogens with zero attached hydrogens (tertiary/aromatic N) is 2. The molecule has 1 saturated heterocycles. The highest BCUT2D eigenvalue weighted by atomic mass is 79.9. The second kappa shape index (κ2) is 5.23. The summed E-state index contributed by atoms with van der Waals surface area (Å²) in [5, 5.41) is 0. The fourth-order valence-electron chi connectivity index (χ4n) is 1.85. The largest absolute Gasteiger partial charge is 0.480 e. The lowest BCUT2D eigenvalue weighted by atomic mass is 10.1. The zero-order valence-corrected chi connectivity index (χ0v) is 11.7. The molecule has 0 bridgehead atoms. The zero-order valence-electron chi connectivity index (χ0n) is 9.32. The third kappa shape index (κ3) is 2.55. The third-order valence-corrected chi connectivity index (χ3v) is 3.73. The van der Waals surface area contributed by atoms with Gasteiger partial charge in [-0.2, -0.15) is 0 Å². The maximum absolute atomic E-state index is 11.8. The van der Waals surface area contributed by atoms with Gasteiger partial charge >= 0.3 is 0 Å². The lowest BCUT2D eigenvalue weighted by Crippen LogP contribution is -2.24. The van der Waals surface area contributed by atoms with Crippen molar-refractivity contribution >= 4 is 39.1 Å². The van der Waals surface area contributed by atoms with Crippen molar-refractivity contribution < 1.29 is 9.53 Å². The third-order valence-electron chi connectivity index (χ3n) is 2.72. The van der Waals surface area contributed by atoms with Crippen LogP contribution in [-0.4, -0.2) is 30.4 Å². The smallest absolute Gasteiger partial charge is 0.227 e. The van der Waals surface area contributed by atoms with E-state index in [1.54, 1.807) is 18.2 Å². The molecule has 1 atom stereocenters. The van der Waals surface area contributed by atoms with Gasteiger partial charge in [-0.05, 0) is 27.9 Å². The van der Waals surface area contributed by atoms with Crippen LogP contribution in [0.4, 0.5) is 5.69 Å². The van der Waals surface area contributed by atoms with Crippen molar-refractivity contribution in [2.45, 2.75) is 6.42 Å². The summed E-state index contributed by atoms with van der Waals surface area (Å²) in [5.74, 6) is 1.33. The number of anilines is 1. The summed E-state index contributed by atoms with van der Waals surface area (Å²) in [4.78, 5) is 17.6. The first kappa shape index (κ1) is 12.6. The fraction of sp³-hybridized carbons (Fsp3) is 0.455. The number of hydrogen-bond donors (Lipinski definition) is 0. The summed E-state index contributed by atoms with van der Waals surface area (Å²) < 4.78 is 5.78. The van der Waals surface area contributed by atoms with Crippen LogP contribution in [0.5, 0.6) is 5.88 Å². The maximum Gasteiger partial charge on any atom is 0.227 e. The average Bonchev–Trinajstić information content (AvgIpc) is 2.70. The SMILES string of the molecule is COc1ncc(N2CC(CCl)CC2=O)cc1Br. The van der Waals surface area contributed by atoms with Crippen LogP contribution in [0.25, 0.3) is 0 Å². The second-order valence-electron chi connectivity index (χ2n) is 3.91. The normalized spacial score (nSPS) is 19.8. The van der Waals surface area contributed by atoms with Gasteiger partial charge in [-0.15, -0.1) is 11.6 Å². The molecule has 0 spiro atoms. The number of pyridine rings is 1. The molecule has 0 N–H and O–H groups in total. The molecule has 4 nitrogen and oxygen atoms in total. The van der Waals surface area contributed by atoms with Crippen molar-refractivity contribution in [2.24, 2.45) is 5.92 Å². The Morgan fingerprint density at radius 2 is 2.47 bits per heavy atom. The Balaban J connectivity index is 2.23. The Labute approximate surface area is 113 Å². The van der Waals surface area contributed by atoms with Crippen LogP contribution in [0.1, 0.15) is 6.42 Å². The van der Waals surface area contributed by atoms with E-state index in [1.807, 2.05) is 6.07 Å². The fourth-order valence-corrected chi connectivity index (χ4v) is 2.55. The molecule has 92 valence electrons. The van der Waals surface area contributed by atoms with Crippen molar-refractivity contribution in [1.82, 2.24) is 4.98 Å². The molecule has 0 saturated carbocycles. The molecule has 1 aliphatic heterocycles. The molecule has 1 aromatic heterocycles. The van der Waals surface area contributed by atoms with Crippen molar-refractivity contribution in [3.8, 4) is 5.88 Å². The van der Waals surface area contributed by atoms with Crippen LogP contribution in [0.15, 0.2) is 16.7 Å². The van der Waals surface area contributed by atoms with Gasteiger partial charge in [0.2, 0.25) is 11.8 Å². The molecule has 1 aromatic rings. The maximum atomic E-state index is 11.8. The Bertz CT molecular complexity index is 441. The lowest BCUT2D eigenvalue weighted by molar-refractivity contribution is -0.117. The van der Waals surface area contributed by atoms with Crippen LogP contribution in [0, 0.1) is 5.92 Å². The number of amides is 1. The lowest BCUT2D eigenvalue weighted by Gasteiger charge is -2.16. The Kier molecular flexibility index (Phi) is 3.89. The second-order valence-corrected chi connectivity index (χ2v) is 5.08. The average molecular weight is 320 g/mol. The molecule has 1 unspecified atom stereocenters. The van der Waals surface area contributed by atoms with Gasteiger partial charge in [-0.1, -0.05) is 0 Å². The zero-order chi connectivity index (χ0) is 12.4. The highest BCUT2D eigenvalue weighted by Crippen LogP contribution is 2.30. The van der Waals surface area contributed by atoms with E-state index in [1.165, 1.54) is 0 Å². The predicted molar refractivity (Wildman–Crippen MR) is 69.7 cm³/mol. The van der Waals surface area contributed by atoms with Gasteiger partial charge in [0.05, 0.1) is 23.5 Å². The van der Waals surface area contributed by atoms with Gasteiger partial charge in [-0.3, -0.25) is 4.79 Å². The number of methoxy groups -OCH3 is 1. The summed E-state index contributed by atoms with van der Waals surface area (Å²) >= 11 is 9.14. The first-order valence-corrected chi connectivity index (χ1v) is 6.54. The predicted octanol–water partition coefficient (Wildman–Crippen LogP) is 2.44. The van der Waals surface area contributed by atoms with Crippen LogP contribution < -0.4 is 9.64 Å². The minimum atomic E-state index is 0.0921. The number of hydrogen-bond acceptors (Lipinski definition) is 3. The van der Waals surface area contributed by atoms with Gasteiger partial charge < -0.3 is 9.64 Å². The van der Waals surface area contributed by atoms with Gasteiger partial charge in [0, 0.05) is 18.8 Å². The number of alkyl halides is 1. The molecule has 0 radical (unpaired) electrons. The monoisotopic (exact) mass is 318 g/mol. The Morgan fingerprint density at radius 3 is 3.00 bits per heavy atom. The molecular formula is C11H12BrClN2O2. The van der Waals surface area contributed by atoms with Crippen molar-refractivity contribution in [3.63, 3.8) is 0 Å². The van der Waals surface area contributed by atoms with Gasteiger partial charge in [0.15, 0.2) is 0 Å². The standard InChI is InChI=1S/C11H12BrClN2O2/c1-17-11-9(12)3-8(5-14-11)15-6-7(4-13)2-10(15)16/h3,5,7H,2,4,6H2,1H3. The summed E-state index contributed by atoms with van der Waals surface area (Å²) in [6.45, 7) is 0.656. The first-order chi connectivity index (χ1) is 8.15. The van der Waals surface area contributed by atoms with Crippen molar-refractivity contribution in [1.29, 1.82) is 0 Å². The molecule has 17 heavy (non-hydrogen) atoms. The van der Waals surface area contributed by atoms with E-state index in [0.29, 0.717) is 24.7 Å². The summed E-state index contributed by atoms with van der Waals surface area (Å²) in [7, 11) is 1.55. The Morgan fingerprint density at radius 1 is 1.71 bits per heavy atom. The highest BCUT2D eigenvalue weighted by Gasteiger charge is 2.30. The van der Waals surface area contributed by atoms with E-state index in [0.717, 1.165) is 10.2 Å². The van der Waals surface area contributed by atoms with Crippen LogP contribution in [-0.2, 0) is 4.79 Å². The van der Waals surface area contributed by atoms with E-state index >= 15 is 0 Å². The molecule has 0 aromatic carbocycles. The van der Waals surface area contributed by atoms with E-state index in [-0.39, 0.29) is 11.8 Å². The summed E-state index contributed by atoms with van der Waals surface area (Å²) in [5.41, 5.74) is 0.773. The topological polar surface area (TPSA) is 42.4 Å². The number of carbonyl (C=O) groups excluding carboxylic acids is 1. The highest BCUT2D eigenvalue weighted by molar-refractivity contribution is 9.10. The molecule has 1 aliphatic rings. The van der Waals surface area contributed by atoms with Crippen LogP contribution >= 0.6 is 27.5 Å². The van der Waals surface area contributed by atoms with E-state index < -0.39 is 0 Å². The van der Waals surface area contributed by atoms with E-state index in [4.69, 9.17) is 16.3 Å². The van der Waals surface area contributed by atoms with Gasteiger partial charge in [0.25, 0.3) is 0 Å². The van der Waals surface area contributed by atoms with Crippen molar-refractivity contribution in [2.75, 3.05) is 24.4 Å². The minimum absolute atomic E-state index is 0.0921. The summed E-state index contributed by atoms with van der Waals surface area (Å²) in [6, 6.07) is 1.83. The number of carbonyl (C=O) groups is 1. The number of halogens is 2. The molecule has 1 fully saturated rings. The number of aromatic nitrogens is 1. The number of rotatable bonds is 3. The van der Waals surface area contributed by atoms with E-state index in [2.05, 4.69) is 20.9 Å². The first-order valence-electron chi connectivity index (χ1n) is 5.21. The molecule has 6 heteroatoms.